The molecular weight excluding hydrogens is 334 g/mol. The molecule has 0 unspecified atom stereocenters. The molecule has 19 heavy (non-hydrogen) atoms. The number of carbonyl (C=O) groups excluding carboxylic acids is 1. The molecule has 0 spiro atoms. The Hall–Kier alpha value is -1.12. The van der Waals surface area contributed by atoms with Crippen molar-refractivity contribution in [3.63, 3.8) is 0 Å². The molecule has 1 amide bonds. The summed E-state index contributed by atoms with van der Waals surface area (Å²) in [5.74, 6) is -0.510. The van der Waals surface area contributed by atoms with Crippen LogP contribution in [0.4, 0.5) is 5.69 Å². The normalized spacial score (nSPS) is 11.3. The molecule has 1 aromatic rings. The fourth-order valence-corrected chi connectivity index (χ4v) is 2.58. The lowest BCUT2D eigenvalue weighted by Crippen LogP contribution is -2.34. The van der Waals surface area contributed by atoms with Crippen LogP contribution in [-0.2, 0) is 10.0 Å². The van der Waals surface area contributed by atoms with Gasteiger partial charge < -0.3 is 11.1 Å². The molecule has 0 aliphatic rings. The number of benzene rings is 1. The molecule has 0 fully saturated rings. The molecule has 4 N–H and O–H groups in total. The van der Waals surface area contributed by atoms with Crippen molar-refractivity contribution in [3.8, 4) is 0 Å². The van der Waals surface area contributed by atoms with Crippen LogP contribution < -0.4 is 15.8 Å². The summed E-state index contributed by atoms with van der Waals surface area (Å²) < 4.78 is 25.8. The molecule has 1 rings (SSSR count). The van der Waals surface area contributed by atoms with E-state index in [1.54, 1.807) is 19.1 Å². The Morgan fingerprint density at radius 2 is 2.11 bits per heavy atom. The zero-order valence-electron chi connectivity index (χ0n) is 10.4. The van der Waals surface area contributed by atoms with E-state index in [1.165, 1.54) is 6.07 Å². The van der Waals surface area contributed by atoms with Gasteiger partial charge in [-0.3, -0.25) is 4.79 Å². The predicted octanol–water partition coefficient (Wildman–Crippen LogP) is 0.700. The van der Waals surface area contributed by atoms with Crippen LogP contribution >= 0.6 is 15.9 Å². The van der Waals surface area contributed by atoms with Crippen molar-refractivity contribution in [2.75, 3.05) is 24.6 Å². The molecule has 0 saturated carbocycles. The van der Waals surface area contributed by atoms with E-state index >= 15 is 0 Å². The quantitative estimate of drug-likeness (QED) is 0.658. The Kier molecular flexibility index (Phi) is 5.77. The van der Waals surface area contributed by atoms with Crippen LogP contribution in [0.3, 0.4) is 0 Å². The third-order valence-electron chi connectivity index (χ3n) is 2.28. The average molecular weight is 350 g/mol. The van der Waals surface area contributed by atoms with Gasteiger partial charge >= 0.3 is 0 Å². The van der Waals surface area contributed by atoms with Crippen molar-refractivity contribution in [1.29, 1.82) is 0 Å². The highest BCUT2D eigenvalue weighted by Gasteiger charge is 2.11. The summed E-state index contributed by atoms with van der Waals surface area (Å²) in [6.45, 7) is 2.07. The first kappa shape index (κ1) is 15.9. The van der Waals surface area contributed by atoms with Gasteiger partial charge in [-0.2, -0.15) is 0 Å². The van der Waals surface area contributed by atoms with Gasteiger partial charge in [-0.25, -0.2) is 13.1 Å². The van der Waals surface area contributed by atoms with Crippen molar-refractivity contribution in [2.45, 2.75) is 6.92 Å². The number of nitrogens with one attached hydrogen (secondary N) is 2. The molecule has 0 heterocycles. The Morgan fingerprint density at radius 1 is 1.42 bits per heavy atom. The second kappa shape index (κ2) is 6.88. The summed E-state index contributed by atoms with van der Waals surface area (Å²) in [4.78, 5) is 11.8. The maximum atomic E-state index is 11.8. The highest BCUT2D eigenvalue weighted by atomic mass is 79.9. The standard InChI is InChI=1S/C11H16BrN3O3S/c1-2-15-19(17,18)6-5-14-11(16)8-3-4-9(12)10(13)7-8/h3-4,7,15H,2,5-6,13H2,1H3,(H,14,16). The smallest absolute Gasteiger partial charge is 0.251 e. The third kappa shape index (κ3) is 5.17. The van der Waals surface area contributed by atoms with Crippen LogP contribution in [0.1, 0.15) is 17.3 Å². The number of halogens is 1. The predicted molar refractivity (Wildman–Crippen MR) is 78.4 cm³/mol. The van der Waals surface area contributed by atoms with Crippen molar-refractivity contribution in [3.05, 3.63) is 28.2 Å². The van der Waals surface area contributed by atoms with E-state index in [0.29, 0.717) is 22.3 Å². The van der Waals surface area contributed by atoms with E-state index in [4.69, 9.17) is 5.73 Å². The summed E-state index contributed by atoms with van der Waals surface area (Å²) in [7, 11) is -3.32. The number of hydrogen-bond donors (Lipinski definition) is 3. The summed E-state index contributed by atoms with van der Waals surface area (Å²) in [5.41, 5.74) is 6.51. The minimum Gasteiger partial charge on any atom is -0.398 e. The number of carbonyl (C=O) groups is 1. The summed E-state index contributed by atoms with van der Waals surface area (Å²) in [6.07, 6.45) is 0. The number of rotatable bonds is 6. The van der Waals surface area contributed by atoms with Crippen molar-refractivity contribution in [2.24, 2.45) is 0 Å². The summed E-state index contributed by atoms with van der Waals surface area (Å²) in [5, 5.41) is 2.53. The first-order chi connectivity index (χ1) is 8.85. The van der Waals surface area contributed by atoms with E-state index in [2.05, 4.69) is 26.0 Å². The maximum absolute atomic E-state index is 11.8. The topological polar surface area (TPSA) is 101 Å². The fourth-order valence-electron chi connectivity index (χ4n) is 1.38. The Morgan fingerprint density at radius 3 is 2.68 bits per heavy atom. The number of sulfonamides is 1. The lowest BCUT2D eigenvalue weighted by molar-refractivity contribution is 0.0956. The molecule has 106 valence electrons. The van der Waals surface area contributed by atoms with Gasteiger partial charge in [0.05, 0.1) is 5.75 Å². The van der Waals surface area contributed by atoms with Crippen LogP contribution in [-0.4, -0.2) is 33.2 Å². The SMILES string of the molecule is CCNS(=O)(=O)CCNC(=O)c1ccc(Br)c(N)c1. The highest BCUT2D eigenvalue weighted by molar-refractivity contribution is 9.10. The number of anilines is 1. The van der Waals surface area contributed by atoms with Gasteiger partial charge in [0.25, 0.3) is 5.91 Å². The lowest BCUT2D eigenvalue weighted by Gasteiger charge is -2.07. The Balaban J connectivity index is 2.54. The first-order valence-electron chi connectivity index (χ1n) is 5.66. The molecule has 0 aliphatic heterocycles. The number of nitrogen functional groups attached to an aromatic ring is 1. The van der Waals surface area contributed by atoms with E-state index in [1.807, 2.05) is 0 Å². The monoisotopic (exact) mass is 349 g/mol. The van der Waals surface area contributed by atoms with Crippen molar-refractivity contribution < 1.29 is 13.2 Å². The largest absolute Gasteiger partial charge is 0.398 e. The van der Waals surface area contributed by atoms with Gasteiger partial charge in [0.15, 0.2) is 0 Å². The van der Waals surface area contributed by atoms with Gasteiger partial charge in [-0.15, -0.1) is 0 Å². The van der Waals surface area contributed by atoms with Crippen LogP contribution in [0.25, 0.3) is 0 Å². The first-order valence-corrected chi connectivity index (χ1v) is 8.11. The number of nitrogens with two attached hydrogens (primary N) is 1. The van der Waals surface area contributed by atoms with E-state index in [0.717, 1.165) is 0 Å². The van der Waals surface area contributed by atoms with Crippen LogP contribution in [0.15, 0.2) is 22.7 Å². The van der Waals surface area contributed by atoms with Gasteiger partial charge in [0.2, 0.25) is 10.0 Å². The highest BCUT2D eigenvalue weighted by Crippen LogP contribution is 2.19. The zero-order chi connectivity index (χ0) is 14.5. The summed E-state index contributed by atoms with van der Waals surface area (Å²) >= 11 is 3.23. The molecule has 1 aromatic carbocycles. The fraction of sp³-hybridized carbons (Fsp3) is 0.364. The maximum Gasteiger partial charge on any atom is 0.251 e. The number of hydrogen-bond acceptors (Lipinski definition) is 4. The Bertz CT molecular complexity index is 560. The minimum absolute atomic E-state index is 0.0458. The third-order valence-corrected chi connectivity index (χ3v) is 4.47. The van der Waals surface area contributed by atoms with Crippen molar-refractivity contribution in [1.82, 2.24) is 10.0 Å². The van der Waals surface area contributed by atoms with Gasteiger partial charge in [0.1, 0.15) is 0 Å². The molecule has 0 aliphatic carbocycles. The molecule has 0 aromatic heterocycles. The molecule has 0 radical (unpaired) electrons. The van der Waals surface area contributed by atoms with Crippen LogP contribution in [0, 0.1) is 0 Å². The van der Waals surface area contributed by atoms with E-state index in [-0.39, 0.29) is 18.2 Å². The molecule has 6 nitrogen and oxygen atoms in total. The van der Waals surface area contributed by atoms with Gasteiger partial charge in [0, 0.05) is 28.8 Å². The molecule has 8 heteroatoms. The van der Waals surface area contributed by atoms with Crippen LogP contribution in [0.2, 0.25) is 0 Å². The second-order valence-electron chi connectivity index (χ2n) is 3.81. The second-order valence-corrected chi connectivity index (χ2v) is 6.59. The van der Waals surface area contributed by atoms with Crippen molar-refractivity contribution >= 4 is 37.5 Å². The van der Waals surface area contributed by atoms with E-state index < -0.39 is 10.0 Å². The number of amides is 1. The average Bonchev–Trinajstić information content (AvgIpc) is 2.32. The molecule has 0 bridgehead atoms. The molecule has 0 atom stereocenters. The molecular formula is C11H16BrN3O3S. The molecule has 0 saturated heterocycles. The zero-order valence-corrected chi connectivity index (χ0v) is 12.8. The Labute approximate surface area is 120 Å². The van der Waals surface area contributed by atoms with Gasteiger partial charge in [-0.05, 0) is 34.1 Å². The minimum atomic E-state index is -3.32. The lowest BCUT2D eigenvalue weighted by atomic mass is 10.2. The summed E-state index contributed by atoms with van der Waals surface area (Å²) in [6, 6.07) is 4.80. The van der Waals surface area contributed by atoms with E-state index in [9.17, 15) is 13.2 Å². The van der Waals surface area contributed by atoms with Gasteiger partial charge in [-0.1, -0.05) is 6.92 Å². The van der Waals surface area contributed by atoms with Crippen LogP contribution in [0.5, 0.6) is 0 Å².